The third kappa shape index (κ3) is 5.09. The topological polar surface area (TPSA) is 87.5 Å². The van der Waals surface area contributed by atoms with E-state index in [9.17, 15) is 9.59 Å². The summed E-state index contributed by atoms with van der Waals surface area (Å²) >= 11 is 0. The Hall–Kier alpha value is -1.89. The zero-order chi connectivity index (χ0) is 19.6. The highest BCUT2D eigenvalue weighted by molar-refractivity contribution is 5.76. The molecule has 7 nitrogen and oxygen atoms in total. The maximum Gasteiger partial charge on any atom is 0.304 e. The van der Waals surface area contributed by atoms with E-state index in [0.717, 1.165) is 36.3 Å². The van der Waals surface area contributed by atoms with Crippen molar-refractivity contribution in [2.75, 3.05) is 13.1 Å². The van der Waals surface area contributed by atoms with Crippen molar-refractivity contribution in [3.05, 3.63) is 17.0 Å². The lowest BCUT2D eigenvalue weighted by Gasteiger charge is -2.29. The van der Waals surface area contributed by atoms with E-state index >= 15 is 0 Å². The summed E-state index contributed by atoms with van der Waals surface area (Å²) in [5.74, 6) is 0.0486. The summed E-state index contributed by atoms with van der Waals surface area (Å²) in [5, 5.41) is 16.7. The van der Waals surface area contributed by atoms with Crippen LogP contribution in [0.25, 0.3) is 0 Å². The molecule has 0 unspecified atom stereocenters. The molecule has 1 saturated carbocycles. The molecule has 2 heterocycles. The second-order valence-electron chi connectivity index (χ2n) is 8.20. The molecule has 1 aromatic rings. The van der Waals surface area contributed by atoms with Gasteiger partial charge < -0.3 is 10.4 Å². The predicted molar refractivity (Wildman–Crippen MR) is 103 cm³/mol. The summed E-state index contributed by atoms with van der Waals surface area (Å²) in [5.41, 5.74) is 3.26. The second kappa shape index (κ2) is 8.42. The van der Waals surface area contributed by atoms with Crippen LogP contribution in [0, 0.1) is 19.8 Å². The molecule has 0 radical (unpaired) electrons. The van der Waals surface area contributed by atoms with Gasteiger partial charge in [-0.3, -0.25) is 19.2 Å². The Morgan fingerprint density at radius 2 is 1.89 bits per heavy atom. The van der Waals surface area contributed by atoms with Crippen LogP contribution in [-0.2, 0) is 23.1 Å². The van der Waals surface area contributed by atoms with Gasteiger partial charge >= 0.3 is 5.97 Å². The standard InChI is InChI=1S/C20H32N4O3/c1-13-18(14(2)23(3)22-13)8-9-19(25)21-11-17-7-6-16(10-20(26)27)24(17)12-15-4-5-15/h15-17H,4-12H2,1-3H3,(H,21,25)(H,26,27)/t16-,17+/m1/s1. The number of hydrogen-bond acceptors (Lipinski definition) is 4. The van der Waals surface area contributed by atoms with Crippen LogP contribution < -0.4 is 5.32 Å². The van der Waals surface area contributed by atoms with E-state index in [4.69, 9.17) is 5.11 Å². The molecule has 0 spiro atoms. The summed E-state index contributed by atoms with van der Waals surface area (Å²) in [7, 11) is 1.92. The third-order valence-electron chi connectivity index (χ3n) is 6.14. The molecule has 27 heavy (non-hydrogen) atoms. The molecular formula is C20H32N4O3. The quantitative estimate of drug-likeness (QED) is 0.686. The predicted octanol–water partition coefficient (Wildman–Crippen LogP) is 1.80. The van der Waals surface area contributed by atoms with Crippen molar-refractivity contribution in [1.29, 1.82) is 0 Å². The first-order chi connectivity index (χ1) is 12.8. The largest absolute Gasteiger partial charge is 0.481 e. The number of carbonyl (C=O) groups is 2. The Morgan fingerprint density at radius 1 is 1.19 bits per heavy atom. The normalized spacial score (nSPS) is 22.9. The number of amides is 1. The molecule has 0 bridgehead atoms. The molecule has 2 aliphatic rings. The number of likely N-dealkylation sites (tertiary alicyclic amines) is 1. The minimum absolute atomic E-state index is 0.0608. The maximum absolute atomic E-state index is 12.4. The van der Waals surface area contributed by atoms with Gasteiger partial charge in [0.2, 0.25) is 5.91 Å². The first-order valence-electron chi connectivity index (χ1n) is 10.1. The highest BCUT2D eigenvalue weighted by Crippen LogP contribution is 2.35. The van der Waals surface area contributed by atoms with Crippen molar-refractivity contribution in [2.45, 2.75) is 70.9 Å². The van der Waals surface area contributed by atoms with Gasteiger partial charge in [0.1, 0.15) is 0 Å². The average molecular weight is 377 g/mol. The van der Waals surface area contributed by atoms with E-state index in [-0.39, 0.29) is 24.4 Å². The fraction of sp³-hybridized carbons (Fsp3) is 0.750. The van der Waals surface area contributed by atoms with E-state index in [2.05, 4.69) is 15.3 Å². The number of nitrogens with one attached hydrogen (secondary N) is 1. The van der Waals surface area contributed by atoms with E-state index < -0.39 is 5.97 Å². The fourth-order valence-corrected chi connectivity index (χ4v) is 4.29. The summed E-state index contributed by atoms with van der Waals surface area (Å²) < 4.78 is 1.86. The van der Waals surface area contributed by atoms with Gasteiger partial charge in [0, 0.05) is 44.3 Å². The minimum atomic E-state index is -0.729. The van der Waals surface area contributed by atoms with Gasteiger partial charge in [0.05, 0.1) is 12.1 Å². The van der Waals surface area contributed by atoms with Crippen molar-refractivity contribution in [3.8, 4) is 0 Å². The SMILES string of the molecule is Cc1nn(C)c(C)c1CCC(=O)NC[C@@H]1CC[C@H](CC(=O)O)N1CC1CC1. The summed E-state index contributed by atoms with van der Waals surface area (Å²) in [6, 6.07) is 0.381. The van der Waals surface area contributed by atoms with Gasteiger partial charge in [-0.15, -0.1) is 0 Å². The second-order valence-corrected chi connectivity index (χ2v) is 8.20. The summed E-state index contributed by atoms with van der Waals surface area (Å²) in [4.78, 5) is 25.8. The van der Waals surface area contributed by atoms with Crippen LogP contribution in [0.15, 0.2) is 0 Å². The molecule has 2 atom stereocenters. The molecule has 150 valence electrons. The first-order valence-corrected chi connectivity index (χ1v) is 10.1. The molecule has 3 rings (SSSR count). The number of aryl methyl sites for hydroxylation is 2. The number of hydrogen-bond donors (Lipinski definition) is 2. The molecule has 1 amide bonds. The highest BCUT2D eigenvalue weighted by atomic mass is 16.4. The average Bonchev–Trinajstić information content (AvgIpc) is 3.30. The summed E-state index contributed by atoms with van der Waals surface area (Å²) in [6.07, 6.45) is 5.74. The number of carbonyl (C=O) groups excluding carboxylic acids is 1. The highest BCUT2D eigenvalue weighted by Gasteiger charge is 2.37. The Morgan fingerprint density at radius 3 is 2.48 bits per heavy atom. The Bertz CT molecular complexity index is 696. The molecule has 1 aliphatic heterocycles. The Labute approximate surface area is 161 Å². The maximum atomic E-state index is 12.4. The van der Waals surface area contributed by atoms with Gasteiger partial charge in [-0.2, -0.15) is 5.10 Å². The molecule has 2 fully saturated rings. The van der Waals surface area contributed by atoms with Crippen LogP contribution in [-0.4, -0.2) is 56.8 Å². The van der Waals surface area contributed by atoms with Gasteiger partial charge in [0.15, 0.2) is 0 Å². The molecule has 0 aromatic carbocycles. The van der Waals surface area contributed by atoms with Crippen LogP contribution in [0.3, 0.4) is 0 Å². The van der Waals surface area contributed by atoms with Crippen molar-refractivity contribution < 1.29 is 14.7 Å². The lowest BCUT2D eigenvalue weighted by Crippen LogP contribution is -2.44. The van der Waals surface area contributed by atoms with E-state index in [0.29, 0.717) is 25.3 Å². The van der Waals surface area contributed by atoms with E-state index in [1.807, 2.05) is 25.6 Å². The number of aliphatic carboxylic acids is 1. The molecular weight excluding hydrogens is 344 g/mol. The fourth-order valence-electron chi connectivity index (χ4n) is 4.29. The van der Waals surface area contributed by atoms with Crippen LogP contribution in [0.2, 0.25) is 0 Å². The smallest absolute Gasteiger partial charge is 0.304 e. The Kier molecular flexibility index (Phi) is 6.19. The zero-order valence-corrected chi connectivity index (χ0v) is 16.7. The van der Waals surface area contributed by atoms with Crippen LogP contribution in [0.1, 0.15) is 55.5 Å². The van der Waals surface area contributed by atoms with Crippen LogP contribution in [0.4, 0.5) is 0 Å². The summed E-state index contributed by atoms with van der Waals surface area (Å²) in [6.45, 7) is 5.61. The molecule has 1 aliphatic carbocycles. The molecule has 1 saturated heterocycles. The van der Waals surface area contributed by atoms with Crippen molar-refractivity contribution in [1.82, 2.24) is 20.0 Å². The monoisotopic (exact) mass is 376 g/mol. The van der Waals surface area contributed by atoms with E-state index in [1.54, 1.807) is 0 Å². The molecule has 1 aromatic heterocycles. The number of carboxylic acids is 1. The van der Waals surface area contributed by atoms with Crippen LogP contribution in [0.5, 0.6) is 0 Å². The molecule has 7 heteroatoms. The Balaban J connectivity index is 1.48. The van der Waals surface area contributed by atoms with Crippen molar-refractivity contribution in [3.63, 3.8) is 0 Å². The number of nitrogens with zero attached hydrogens (tertiary/aromatic N) is 3. The zero-order valence-electron chi connectivity index (χ0n) is 16.7. The first kappa shape index (κ1) is 19.9. The number of rotatable bonds is 9. The van der Waals surface area contributed by atoms with Crippen LogP contribution >= 0.6 is 0 Å². The van der Waals surface area contributed by atoms with E-state index in [1.165, 1.54) is 12.8 Å². The van der Waals surface area contributed by atoms with Gasteiger partial charge in [0.25, 0.3) is 0 Å². The van der Waals surface area contributed by atoms with Crippen molar-refractivity contribution >= 4 is 11.9 Å². The van der Waals surface area contributed by atoms with Crippen molar-refractivity contribution in [2.24, 2.45) is 13.0 Å². The van der Waals surface area contributed by atoms with Gasteiger partial charge in [-0.05, 0) is 57.4 Å². The number of aromatic nitrogens is 2. The lowest BCUT2D eigenvalue weighted by atomic mass is 10.1. The lowest BCUT2D eigenvalue weighted by molar-refractivity contribution is -0.138. The minimum Gasteiger partial charge on any atom is -0.481 e. The molecule has 2 N–H and O–H groups in total. The third-order valence-corrected chi connectivity index (χ3v) is 6.14. The van der Waals surface area contributed by atoms with Gasteiger partial charge in [-0.25, -0.2) is 0 Å². The number of carboxylic acid groups (broad SMARTS) is 1. The van der Waals surface area contributed by atoms with Gasteiger partial charge in [-0.1, -0.05) is 0 Å².